The highest BCUT2D eigenvalue weighted by Gasteiger charge is 2.06. The Hall–Kier alpha value is -2.34. The van der Waals surface area contributed by atoms with Crippen LogP contribution in [0.4, 0.5) is 5.69 Å². The van der Waals surface area contributed by atoms with E-state index in [4.69, 9.17) is 4.74 Å². The number of carbonyl (C=O) groups is 1. The van der Waals surface area contributed by atoms with Gasteiger partial charge in [-0.1, -0.05) is 30.3 Å². The van der Waals surface area contributed by atoms with Crippen molar-refractivity contribution < 1.29 is 17.9 Å². The third-order valence-electron chi connectivity index (χ3n) is 3.31. The number of hydrogen-bond donors (Lipinski definition) is 1. The first kappa shape index (κ1) is 18.0. The molecular formula is C18H21NO4S. The number of rotatable bonds is 8. The van der Waals surface area contributed by atoms with E-state index in [2.05, 4.69) is 5.32 Å². The Bertz CT molecular complexity index is 755. The molecule has 0 saturated carbocycles. The van der Waals surface area contributed by atoms with Gasteiger partial charge in [-0.3, -0.25) is 4.79 Å². The Morgan fingerprint density at radius 1 is 1.04 bits per heavy atom. The summed E-state index contributed by atoms with van der Waals surface area (Å²) in [5, 5.41) is 2.74. The van der Waals surface area contributed by atoms with Crippen molar-refractivity contribution in [3.63, 3.8) is 0 Å². The quantitative estimate of drug-likeness (QED) is 0.797. The summed E-state index contributed by atoms with van der Waals surface area (Å²) in [6, 6.07) is 16.9. The van der Waals surface area contributed by atoms with Crippen molar-refractivity contribution in [2.75, 3.05) is 17.3 Å². The molecule has 0 heterocycles. The number of anilines is 1. The number of sulfone groups is 1. The monoisotopic (exact) mass is 347 g/mol. The Balaban J connectivity index is 1.78. The Kier molecular flexibility index (Phi) is 6.37. The molecule has 128 valence electrons. The first-order chi connectivity index (χ1) is 11.4. The second-order valence-corrected chi connectivity index (χ2v) is 7.84. The Morgan fingerprint density at radius 3 is 2.33 bits per heavy atom. The van der Waals surface area contributed by atoms with Gasteiger partial charge in [0.25, 0.3) is 0 Å². The minimum atomic E-state index is -3.02. The van der Waals surface area contributed by atoms with E-state index in [1.54, 1.807) is 24.3 Å². The average Bonchev–Trinajstić information content (AvgIpc) is 2.54. The lowest BCUT2D eigenvalue weighted by molar-refractivity contribution is -0.116. The second-order valence-electron chi connectivity index (χ2n) is 5.58. The molecule has 0 aromatic heterocycles. The molecule has 1 amide bonds. The third-order valence-corrected chi connectivity index (χ3v) is 4.34. The summed E-state index contributed by atoms with van der Waals surface area (Å²) in [7, 11) is -3.02. The van der Waals surface area contributed by atoms with Gasteiger partial charge in [-0.25, -0.2) is 8.42 Å². The van der Waals surface area contributed by atoms with Crippen LogP contribution in [0.25, 0.3) is 0 Å². The van der Waals surface area contributed by atoms with E-state index in [0.29, 0.717) is 24.5 Å². The number of ether oxygens (including phenoxy) is 1. The molecular weight excluding hydrogens is 326 g/mol. The van der Waals surface area contributed by atoms with Crippen molar-refractivity contribution in [1.82, 2.24) is 0 Å². The van der Waals surface area contributed by atoms with Crippen LogP contribution in [0.15, 0.2) is 54.6 Å². The van der Waals surface area contributed by atoms with E-state index < -0.39 is 9.84 Å². The fourth-order valence-electron chi connectivity index (χ4n) is 2.09. The Labute approximate surface area is 142 Å². The normalized spacial score (nSPS) is 11.0. The minimum Gasteiger partial charge on any atom is -0.489 e. The molecule has 5 nitrogen and oxygen atoms in total. The number of amides is 1. The van der Waals surface area contributed by atoms with Crippen molar-refractivity contribution in [1.29, 1.82) is 0 Å². The zero-order chi connectivity index (χ0) is 17.4. The molecule has 2 aromatic carbocycles. The molecule has 0 spiro atoms. The van der Waals surface area contributed by atoms with E-state index in [-0.39, 0.29) is 18.1 Å². The van der Waals surface area contributed by atoms with Gasteiger partial charge in [0.15, 0.2) is 0 Å². The van der Waals surface area contributed by atoms with Gasteiger partial charge >= 0.3 is 0 Å². The molecule has 6 heteroatoms. The van der Waals surface area contributed by atoms with Crippen LogP contribution in [0, 0.1) is 0 Å². The maximum Gasteiger partial charge on any atom is 0.224 e. The van der Waals surface area contributed by atoms with Crippen molar-refractivity contribution in [2.24, 2.45) is 0 Å². The molecule has 2 aromatic rings. The van der Waals surface area contributed by atoms with Crippen LogP contribution in [-0.4, -0.2) is 26.3 Å². The molecule has 0 aliphatic carbocycles. The van der Waals surface area contributed by atoms with E-state index in [1.807, 2.05) is 30.3 Å². The molecule has 0 saturated heterocycles. The maximum absolute atomic E-state index is 11.8. The highest BCUT2D eigenvalue weighted by atomic mass is 32.2. The predicted octanol–water partition coefficient (Wildman–Crippen LogP) is 3.03. The molecule has 0 fully saturated rings. The van der Waals surface area contributed by atoms with Crippen LogP contribution in [0.3, 0.4) is 0 Å². The van der Waals surface area contributed by atoms with Gasteiger partial charge in [-0.15, -0.1) is 0 Å². The first-order valence-electron chi connectivity index (χ1n) is 7.67. The maximum atomic E-state index is 11.8. The van der Waals surface area contributed by atoms with E-state index in [1.165, 1.54) is 6.26 Å². The van der Waals surface area contributed by atoms with Crippen molar-refractivity contribution in [3.05, 3.63) is 60.2 Å². The van der Waals surface area contributed by atoms with Gasteiger partial charge in [-0.05, 0) is 36.2 Å². The molecule has 0 unspecified atom stereocenters. The lowest BCUT2D eigenvalue weighted by atomic mass is 10.2. The topological polar surface area (TPSA) is 72.5 Å². The minimum absolute atomic E-state index is 0.0205. The molecule has 0 aliphatic rings. The van der Waals surface area contributed by atoms with Crippen LogP contribution in [0.5, 0.6) is 5.75 Å². The first-order valence-corrected chi connectivity index (χ1v) is 9.73. The zero-order valence-electron chi connectivity index (χ0n) is 13.6. The summed E-state index contributed by atoms with van der Waals surface area (Å²) in [4.78, 5) is 11.8. The SMILES string of the molecule is CS(=O)(=O)CCCC(=O)Nc1ccc(OCc2ccccc2)cc1. The lowest BCUT2D eigenvalue weighted by Crippen LogP contribution is -2.13. The number of nitrogens with one attached hydrogen (secondary N) is 1. The van der Waals surface area contributed by atoms with Gasteiger partial charge in [0.2, 0.25) is 5.91 Å². The van der Waals surface area contributed by atoms with Gasteiger partial charge in [0, 0.05) is 18.4 Å². The molecule has 1 N–H and O–H groups in total. The average molecular weight is 347 g/mol. The number of benzene rings is 2. The molecule has 2 rings (SSSR count). The Morgan fingerprint density at radius 2 is 1.71 bits per heavy atom. The standard InChI is InChI=1S/C18H21NO4S/c1-24(21,22)13-5-8-18(20)19-16-9-11-17(12-10-16)23-14-15-6-3-2-4-7-15/h2-4,6-7,9-12H,5,8,13-14H2,1H3,(H,19,20). The second kappa shape index (κ2) is 8.49. The van der Waals surface area contributed by atoms with Crippen LogP contribution in [0.1, 0.15) is 18.4 Å². The summed E-state index contributed by atoms with van der Waals surface area (Å²) in [5.74, 6) is 0.540. The van der Waals surface area contributed by atoms with Gasteiger partial charge in [-0.2, -0.15) is 0 Å². The fourth-order valence-corrected chi connectivity index (χ4v) is 2.76. The van der Waals surface area contributed by atoms with Crippen LogP contribution in [-0.2, 0) is 21.2 Å². The summed E-state index contributed by atoms with van der Waals surface area (Å²) in [5.41, 5.74) is 1.74. The fraction of sp³-hybridized carbons (Fsp3) is 0.278. The summed E-state index contributed by atoms with van der Waals surface area (Å²) >= 11 is 0. The molecule has 0 bridgehead atoms. The smallest absolute Gasteiger partial charge is 0.224 e. The highest BCUT2D eigenvalue weighted by Crippen LogP contribution is 2.17. The third kappa shape index (κ3) is 6.83. The molecule has 0 radical (unpaired) electrons. The number of hydrogen-bond acceptors (Lipinski definition) is 4. The summed E-state index contributed by atoms with van der Waals surface area (Å²) < 4.78 is 27.7. The van der Waals surface area contributed by atoms with Crippen LogP contribution < -0.4 is 10.1 Å². The molecule has 0 aliphatic heterocycles. The van der Waals surface area contributed by atoms with Gasteiger partial charge in [0.05, 0.1) is 5.75 Å². The zero-order valence-corrected chi connectivity index (χ0v) is 14.4. The van der Waals surface area contributed by atoms with E-state index in [0.717, 1.165) is 5.56 Å². The van der Waals surface area contributed by atoms with Crippen molar-refractivity contribution in [2.45, 2.75) is 19.4 Å². The van der Waals surface area contributed by atoms with Gasteiger partial charge < -0.3 is 10.1 Å². The van der Waals surface area contributed by atoms with Gasteiger partial charge in [0.1, 0.15) is 22.2 Å². The van der Waals surface area contributed by atoms with E-state index in [9.17, 15) is 13.2 Å². The van der Waals surface area contributed by atoms with Crippen molar-refractivity contribution in [3.8, 4) is 5.75 Å². The van der Waals surface area contributed by atoms with Crippen molar-refractivity contribution >= 4 is 21.4 Å². The molecule has 24 heavy (non-hydrogen) atoms. The molecule has 0 atom stereocenters. The van der Waals surface area contributed by atoms with Crippen LogP contribution >= 0.6 is 0 Å². The largest absolute Gasteiger partial charge is 0.489 e. The highest BCUT2D eigenvalue weighted by molar-refractivity contribution is 7.90. The summed E-state index contributed by atoms with van der Waals surface area (Å²) in [6.07, 6.45) is 1.67. The number of carbonyl (C=O) groups excluding carboxylic acids is 1. The van der Waals surface area contributed by atoms with Crippen LogP contribution in [0.2, 0.25) is 0 Å². The lowest BCUT2D eigenvalue weighted by Gasteiger charge is -2.08. The predicted molar refractivity (Wildman–Crippen MR) is 94.8 cm³/mol. The van der Waals surface area contributed by atoms with E-state index >= 15 is 0 Å². The summed E-state index contributed by atoms with van der Waals surface area (Å²) in [6.45, 7) is 0.484.